The van der Waals surface area contributed by atoms with E-state index in [2.05, 4.69) is 23.9 Å². The van der Waals surface area contributed by atoms with Crippen LogP contribution in [0.25, 0.3) is 0 Å². The Morgan fingerprint density at radius 3 is 2.56 bits per heavy atom. The third-order valence-electron chi connectivity index (χ3n) is 4.30. The summed E-state index contributed by atoms with van der Waals surface area (Å²) in [5, 5.41) is 14.7. The Morgan fingerprint density at radius 2 is 2.06 bits per heavy atom. The Kier molecular flexibility index (Phi) is 4.05. The van der Waals surface area contributed by atoms with Gasteiger partial charge in [-0.15, -0.1) is 0 Å². The van der Waals surface area contributed by atoms with Crippen molar-refractivity contribution >= 4 is 0 Å². The Hall–Kier alpha value is -0.900. The molecule has 1 atom stereocenters. The summed E-state index contributed by atoms with van der Waals surface area (Å²) >= 11 is 0. The van der Waals surface area contributed by atoms with E-state index in [0.29, 0.717) is 12.3 Å². The lowest BCUT2D eigenvalue weighted by Crippen LogP contribution is -2.36. The van der Waals surface area contributed by atoms with E-state index in [1.54, 1.807) is 11.0 Å². The molecular weight excluding hydrogens is 226 g/mol. The SMILES string of the molecule is CC(C)CC1(C(O)Cc2ncnn2C)CCCC1. The lowest BCUT2D eigenvalue weighted by atomic mass is 9.73. The van der Waals surface area contributed by atoms with Crippen LogP contribution in [-0.4, -0.2) is 26.0 Å². The van der Waals surface area contributed by atoms with E-state index in [0.717, 1.165) is 25.1 Å². The van der Waals surface area contributed by atoms with Gasteiger partial charge < -0.3 is 5.11 Å². The number of aliphatic hydroxyl groups excluding tert-OH is 1. The van der Waals surface area contributed by atoms with Gasteiger partial charge in [-0.05, 0) is 30.6 Å². The molecule has 102 valence electrons. The molecule has 0 radical (unpaired) electrons. The number of aryl methyl sites for hydroxylation is 1. The maximum absolute atomic E-state index is 10.7. The molecule has 4 nitrogen and oxygen atoms in total. The van der Waals surface area contributed by atoms with Crippen LogP contribution in [0.4, 0.5) is 0 Å². The van der Waals surface area contributed by atoms with E-state index in [1.807, 2.05) is 7.05 Å². The third-order valence-corrected chi connectivity index (χ3v) is 4.30. The van der Waals surface area contributed by atoms with Crippen LogP contribution in [0.2, 0.25) is 0 Å². The second-order valence-corrected chi connectivity index (χ2v) is 6.19. The van der Waals surface area contributed by atoms with Crippen molar-refractivity contribution in [3.63, 3.8) is 0 Å². The molecule has 1 aliphatic rings. The predicted octanol–water partition coefficient (Wildman–Crippen LogP) is 2.33. The number of hydrogen-bond donors (Lipinski definition) is 1. The maximum Gasteiger partial charge on any atom is 0.138 e. The largest absolute Gasteiger partial charge is 0.392 e. The second kappa shape index (κ2) is 5.39. The van der Waals surface area contributed by atoms with Gasteiger partial charge in [-0.2, -0.15) is 5.10 Å². The van der Waals surface area contributed by atoms with Crippen molar-refractivity contribution in [1.82, 2.24) is 14.8 Å². The fraction of sp³-hybridized carbons (Fsp3) is 0.857. The minimum atomic E-state index is -0.287. The first kappa shape index (κ1) is 13.5. The van der Waals surface area contributed by atoms with Gasteiger partial charge in [0.2, 0.25) is 0 Å². The summed E-state index contributed by atoms with van der Waals surface area (Å²) in [4.78, 5) is 4.23. The monoisotopic (exact) mass is 251 g/mol. The number of rotatable bonds is 5. The van der Waals surface area contributed by atoms with E-state index in [9.17, 15) is 5.11 Å². The molecule has 2 rings (SSSR count). The predicted molar refractivity (Wildman–Crippen MR) is 71.1 cm³/mol. The highest BCUT2D eigenvalue weighted by Crippen LogP contribution is 2.46. The first-order chi connectivity index (χ1) is 8.53. The zero-order valence-corrected chi connectivity index (χ0v) is 11.8. The highest BCUT2D eigenvalue weighted by atomic mass is 16.3. The average molecular weight is 251 g/mol. The molecule has 1 N–H and O–H groups in total. The molecule has 18 heavy (non-hydrogen) atoms. The first-order valence-electron chi connectivity index (χ1n) is 7.04. The van der Waals surface area contributed by atoms with Crippen LogP contribution in [0, 0.1) is 11.3 Å². The van der Waals surface area contributed by atoms with Gasteiger partial charge in [0.05, 0.1) is 6.10 Å². The molecule has 0 aromatic carbocycles. The van der Waals surface area contributed by atoms with Crippen molar-refractivity contribution in [3.05, 3.63) is 12.2 Å². The standard InChI is InChI=1S/C14H25N3O/c1-11(2)9-14(6-4-5-7-14)12(18)8-13-15-10-16-17(13)3/h10-12,18H,4-9H2,1-3H3. The van der Waals surface area contributed by atoms with Crippen LogP contribution in [0.3, 0.4) is 0 Å². The average Bonchev–Trinajstić information content (AvgIpc) is 2.89. The summed E-state index contributed by atoms with van der Waals surface area (Å²) in [5.41, 5.74) is 0.111. The van der Waals surface area contributed by atoms with Crippen LogP contribution in [0.1, 0.15) is 51.8 Å². The summed E-state index contributed by atoms with van der Waals surface area (Å²) in [5.74, 6) is 1.52. The molecule has 1 unspecified atom stereocenters. The van der Waals surface area contributed by atoms with Crippen LogP contribution in [-0.2, 0) is 13.5 Å². The first-order valence-corrected chi connectivity index (χ1v) is 7.04. The quantitative estimate of drug-likeness (QED) is 0.873. The molecule has 0 spiro atoms. The lowest BCUT2D eigenvalue weighted by Gasteiger charge is -2.35. The zero-order chi connectivity index (χ0) is 13.2. The molecule has 0 amide bonds. The summed E-state index contributed by atoms with van der Waals surface area (Å²) in [7, 11) is 1.89. The minimum absolute atomic E-state index is 0.111. The molecule has 1 heterocycles. The second-order valence-electron chi connectivity index (χ2n) is 6.19. The number of aliphatic hydroxyl groups is 1. The van der Waals surface area contributed by atoms with E-state index < -0.39 is 0 Å². The minimum Gasteiger partial charge on any atom is -0.392 e. The maximum atomic E-state index is 10.7. The van der Waals surface area contributed by atoms with Gasteiger partial charge in [-0.25, -0.2) is 4.98 Å². The van der Waals surface area contributed by atoms with E-state index >= 15 is 0 Å². The van der Waals surface area contributed by atoms with Crippen molar-refractivity contribution < 1.29 is 5.11 Å². The molecule has 1 fully saturated rings. The smallest absolute Gasteiger partial charge is 0.138 e. The van der Waals surface area contributed by atoms with E-state index in [4.69, 9.17) is 0 Å². The highest BCUT2D eigenvalue weighted by molar-refractivity contribution is 4.97. The molecule has 1 aliphatic carbocycles. The Bertz CT molecular complexity index is 380. The summed E-state index contributed by atoms with van der Waals surface area (Å²) in [6.07, 6.45) is 7.84. The van der Waals surface area contributed by atoms with Gasteiger partial charge in [0.15, 0.2) is 0 Å². The Morgan fingerprint density at radius 1 is 1.39 bits per heavy atom. The molecule has 1 aromatic heterocycles. The number of nitrogens with zero attached hydrogens (tertiary/aromatic N) is 3. The molecule has 4 heteroatoms. The normalized spacial score (nSPS) is 20.5. The fourth-order valence-electron chi connectivity index (χ4n) is 3.46. The van der Waals surface area contributed by atoms with Crippen LogP contribution < -0.4 is 0 Å². The Labute approximate surface area is 109 Å². The molecule has 1 saturated carbocycles. The van der Waals surface area contributed by atoms with Gasteiger partial charge in [0.25, 0.3) is 0 Å². The van der Waals surface area contributed by atoms with Crippen LogP contribution in [0.15, 0.2) is 6.33 Å². The number of aromatic nitrogens is 3. The third kappa shape index (κ3) is 2.74. The van der Waals surface area contributed by atoms with Crippen molar-refractivity contribution in [2.24, 2.45) is 18.4 Å². The highest BCUT2D eigenvalue weighted by Gasteiger charge is 2.41. The summed E-state index contributed by atoms with van der Waals surface area (Å²) in [6, 6.07) is 0. The van der Waals surface area contributed by atoms with Crippen molar-refractivity contribution in [2.45, 2.75) is 58.5 Å². The Balaban J connectivity index is 2.09. The van der Waals surface area contributed by atoms with E-state index in [1.165, 1.54) is 12.8 Å². The van der Waals surface area contributed by atoms with Crippen molar-refractivity contribution in [2.75, 3.05) is 0 Å². The molecule has 0 saturated heterocycles. The summed E-state index contributed by atoms with van der Waals surface area (Å²) < 4.78 is 1.77. The molecule has 0 bridgehead atoms. The van der Waals surface area contributed by atoms with Gasteiger partial charge in [-0.3, -0.25) is 4.68 Å². The van der Waals surface area contributed by atoms with Crippen molar-refractivity contribution in [3.8, 4) is 0 Å². The van der Waals surface area contributed by atoms with E-state index in [-0.39, 0.29) is 11.5 Å². The topological polar surface area (TPSA) is 50.9 Å². The van der Waals surface area contributed by atoms with Crippen molar-refractivity contribution in [1.29, 1.82) is 0 Å². The zero-order valence-electron chi connectivity index (χ0n) is 11.8. The molecule has 1 aromatic rings. The number of hydrogen-bond acceptors (Lipinski definition) is 3. The van der Waals surface area contributed by atoms with Gasteiger partial charge in [-0.1, -0.05) is 26.7 Å². The molecular formula is C14H25N3O. The fourth-order valence-corrected chi connectivity index (χ4v) is 3.46. The van der Waals surface area contributed by atoms with Gasteiger partial charge in [0.1, 0.15) is 12.2 Å². The molecule has 0 aliphatic heterocycles. The van der Waals surface area contributed by atoms with Crippen LogP contribution in [0.5, 0.6) is 0 Å². The summed E-state index contributed by atoms with van der Waals surface area (Å²) in [6.45, 7) is 4.49. The van der Waals surface area contributed by atoms with Gasteiger partial charge in [0, 0.05) is 13.5 Å². The lowest BCUT2D eigenvalue weighted by molar-refractivity contribution is 0.0115. The van der Waals surface area contributed by atoms with Gasteiger partial charge >= 0.3 is 0 Å². The van der Waals surface area contributed by atoms with Crippen LogP contribution >= 0.6 is 0 Å².